The van der Waals surface area contributed by atoms with Gasteiger partial charge in [0, 0.05) is 31.4 Å². The Hall–Kier alpha value is -1.26. The molecule has 0 saturated heterocycles. The lowest BCUT2D eigenvalue weighted by molar-refractivity contribution is -0.135. The molecule has 0 saturated carbocycles. The minimum Gasteiger partial charge on any atom is -0.399 e. The maximum atomic E-state index is 12.1. The zero-order valence-corrected chi connectivity index (χ0v) is 12.6. The van der Waals surface area contributed by atoms with E-state index in [4.69, 9.17) is 22.1 Å². The number of carbonyl (C=O) groups is 1. The molecule has 2 N–H and O–H groups in total. The van der Waals surface area contributed by atoms with E-state index >= 15 is 0 Å². The van der Waals surface area contributed by atoms with Gasteiger partial charge in [0.2, 0.25) is 5.91 Å². The predicted octanol–water partition coefficient (Wildman–Crippen LogP) is 2.70. The minimum atomic E-state index is -0.467. The van der Waals surface area contributed by atoms with E-state index in [1.165, 1.54) is 0 Å². The second-order valence-electron chi connectivity index (χ2n) is 5.24. The number of benzene rings is 1. The summed E-state index contributed by atoms with van der Waals surface area (Å²) in [5.74, 6) is 0.00495. The molecule has 19 heavy (non-hydrogen) atoms. The molecule has 0 aromatic heterocycles. The summed E-state index contributed by atoms with van der Waals surface area (Å²) in [6, 6.07) is 5.26. The molecule has 0 atom stereocenters. The average molecular weight is 285 g/mol. The van der Waals surface area contributed by atoms with Crippen molar-refractivity contribution in [1.82, 2.24) is 4.90 Å². The number of nitrogen functional groups attached to an aromatic ring is 1. The molecule has 0 radical (unpaired) electrons. The fourth-order valence-electron chi connectivity index (χ4n) is 1.63. The summed E-state index contributed by atoms with van der Waals surface area (Å²) < 4.78 is 5.26. The van der Waals surface area contributed by atoms with Gasteiger partial charge in [-0.15, -0.1) is 0 Å². The van der Waals surface area contributed by atoms with Crippen LogP contribution >= 0.6 is 11.6 Å². The van der Waals surface area contributed by atoms with E-state index in [-0.39, 0.29) is 5.91 Å². The number of halogens is 1. The topological polar surface area (TPSA) is 55.6 Å². The van der Waals surface area contributed by atoms with Crippen LogP contribution in [0.15, 0.2) is 18.2 Å². The molecule has 1 rings (SSSR count). The molecule has 4 nitrogen and oxygen atoms in total. The first-order valence-corrected chi connectivity index (χ1v) is 6.46. The summed E-state index contributed by atoms with van der Waals surface area (Å²) in [5.41, 5.74) is 6.73. The molecule has 0 bridgehead atoms. The van der Waals surface area contributed by atoms with Crippen molar-refractivity contribution in [3.05, 3.63) is 28.8 Å². The first-order chi connectivity index (χ1) is 8.75. The first-order valence-electron chi connectivity index (χ1n) is 6.08. The number of hydrogen-bond acceptors (Lipinski definition) is 3. The molecule has 1 aromatic carbocycles. The van der Waals surface area contributed by atoms with E-state index in [1.54, 1.807) is 37.3 Å². The number of methoxy groups -OCH3 is 1. The lowest BCUT2D eigenvalue weighted by atomic mass is 10.0. The summed E-state index contributed by atoms with van der Waals surface area (Å²) in [6.45, 7) is 4.20. The number of ether oxygens (including phenoxy) is 1. The molecule has 1 aromatic rings. The maximum absolute atomic E-state index is 12.1. The third kappa shape index (κ3) is 4.73. The van der Waals surface area contributed by atoms with E-state index < -0.39 is 5.60 Å². The Morgan fingerprint density at radius 3 is 2.68 bits per heavy atom. The van der Waals surface area contributed by atoms with Gasteiger partial charge in [-0.2, -0.15) is 0 Å². The molecule has 0 aliphatic heterocycles. The molecule has 0 unspecified atom stereocenters. The molecular weight excluding hydrogens is 264 g/mol. The SMILES string of the molecule is COC(C)(C)CC(=O)N(C)Cc1cc(N)ccc1Cl. The highest BCUT2D eigenvalue weighted by Crippen LogP contribution is 2.21. The number of nitrogens with zero attached hydrogens (tertiary/aromatic N) is 1. The van der Waals surface area contributed by atoms with E-state index in [1.807, 2.05) is 13.8 Å². The number of carbonyl (C=O) groups excluding carboxylic acids is 1. The van der Waals surface area contributed by atoms with Gasteiger partial charge >= 0.3 is 0 Å². The van der Waals surface area contributed by atoms with Gasteiger partial charge in [-0.05, 0) is 37.6 Å². The van der Waals surface area contributed by atoms with Gasteiger partial charge in [0.25, 0.3) is 0 Å². The number of rotatable bonds is 5. The minimum absolute atomic E-state index is 0.00495. The van der Waals surface area contributed by atoms with Crippen molar-refractivity contribution in [3.63, 3.8) is 0 Å². The van der Waals surface area contributed by atoms with Crippen LogP contribution in [0.3, 0.4) is 0 Å². The van der Waals surface area contributed by atoms with E-state index in [2.05, 4.69) is 0 Å². The fourth-order valence-corrected chi connectivity index (χ4v) is 1.81. The van der Waals surface area contributed by atoms with Gasteiger partial charge in [-0.3, -0.25) is 4.79 Å². The number of amides is 1. The third-order valence-corrected chi connectivity index (χ3v) is 3.40. The highest BCUT2D eigenvalue weighted by Gasteiger charge is 2.23. The molecule has 106 valence electrons. The molecule has 0 aliphatic rings. The Labute approximate surface area is 119 Å². The molecule has 0 fully saturated rings. The van der Waals surface area contributed by atoms with Gasteiger partial charge in [0.15, 0.2) is 0 Å². The second-order valence-corrected chi connectivity index (χ2v) is 5.65. The third-order valence-electron chi connectivity index (χ3n) is 3.03. The monoisotopic (exact) mass is 284 g/mol. The number of nitrogens with two attached hydrogens (primary N) is 1. The lowest BCUT2D eigenvalue weighted by Gasteiger charge is -2.26. The van der Waals surface area contributed by atoms with Crippen LogP contribution in [0.4, 0.5) is 5.69 Å². The Bertz CT molecular complexity index is 461. The van der Waals surface area contributed by atoms with Crippen LogP contribution in [0.5, 0.6) is 0 Å². The Kier molecular flexibility index (Phi) is 5.20. The van der Waals surface area contributed by atoms with Crippen LogP contribution in [0, 0.1) is 0 Å². The zero-order chi connectivity index (χ0) is 14.6. The standard InChI is InChI=1S/C14H21ClN2O2/c1-14(2,19-4)8-13(18)17(3)9-10-7-11(16)5-6-12(10)15/h5-7H,8-9,16H2,1-4H3. The van der Waals surface area contributed by atoms with Crippen molar-refractivity contribution < 1.29 is 9.53 Å². The van der Waals surface area contributed by atoms with Crippen LogP contribution in [0.1, 0.15) is 25.8 Å². The summed E-state index contributed by atoms with van der Waals surface area (Å²) in [5, 5.41) is 0.611. The summed E-state index contributed by atoms with van der Waals surface area (Å²) in [7, 11) is 3.34. The second kappa shape index (κ2) is 6.26. The average Bonchev–Trinajstić information content (AvgIpc) is 2.33. The summed E-state index contributed by atoms with van der Waals surface area (Å²) in [6.07, 6.45) is 0.319. The fraction of sp³-hybridized carbons (Fsp3) is 0.500. The Balaban J connectivity index is 2.71. The zero-order valence-electron chi connectivity index (χ0n) is 11.9. The van der Waals surface area contributed by atoms with E-state index in [0.717, 1.165) is 5.56 Å². The van der Waals surface area contributed by atoms with Gasteiger partial charge in [-0.1, -0.05) is 11.6 Å². The highest BCUT2D eigenvalue weighted by atomic mass is 35.5. The molecule has 0 aliphatic carbocycles. The summed E-state index contributed by atoms with van der Waals surface area (Å²) >= 11 is 6.09. The van der Waals surface area contributed by atoms with Crippen molar-refractivity contribution in [2.75, 3.05) is 19.9 Å². The quantitative estimate of drug-likeness (QED) is 0.846. The Morgan fingerprint density at radius 1 is 1.47 bits per heavy atom. The van der Waals surface area contributed by atoms with Crippen LogP contribution in [0.25, 0.3) is 0 Å². The molecule has 0 spiro atoms. The van der Waals surface area contributed by atoms with E-state index in [0.29, 0.717) is 23.7 Å². The predicted molar refractivity (Wildman–Crippen MR) is 78.0 cm³/mol. The normalized spacial score (nSPS) is 11.4. The van der Waals surface area contributed by atoms with Gasteiger partial charge < -0.3 is 15.4 Å². The molecular formula is C14H21ClN2O2. The van der Waals surface area contributed by atoms with Crippen molar-refractivity contribution in [2.24, 2.45) is 0 Å². The van der Waals surface area contributed by atoms with Gasteiger partial charge in [0.1, 0.15) is 0 Å². The molecule has 1 amide bonds. The van der Waals surface area contributed by atoms with Crippen molar-refractivity contribution >= 4 is 23.2 Å². The largest absolute Gasteiger partial charge is 0.399 e. The van der Waals surface area contributed by atoms with Gasteiger partial charge in [0.05, 0.1) is 12.0 Å². The van der Waals surface area contributed by atoms with Crippen LogP contribution < -0.4 is 5.73 Å². The highest BCUT2D eigenvalue weighted by molar-refractivity contribution is 6.31. The Morgan fingerprint density at radius 2 is 2.11 bits per heavy atom. The van der Waals surface area contributed by atoms with Crippen molar-refractivity contribution in [3.8, 4) is 0 Å². The van der Waals surface area contributed by atoms with Crippen molar-refractivity contribution in [1.29, 1.82) is 0 Å². The van der Waals surface area contributed by atoms with E-state index in [9.17, 15) is 4.79 Å². The number of hydrogen-bond donors (Lipinski definition) is 1. The molecule has 5 heteroatoms. The van der Waals surface area contributed by atoms with Crippen molar-refractivity contribution in [2.45, 2.75) is 32.4 Å². The summed E-state index contributed by atoms with van der Waals surface area (Å²) in [4.78, 5) is 13.7. The van der Waals surface area contributed by atoms with Crippen LogP contribution in [-0.4, -0.2) is 30.6 Å². The van der Waals surface area contributed by atoms with Crippen LogP contribution in [0.2, 0.25) is 5.02 Å². The maximum Gasteiger partial charge on any atom is 0.225 e. The van der Waals surface area contributed by atoms with Crippen LogP contribution in [-0.2, 0) is 16.1 Å². The lowest BCUT2D eigenvalue weighted by Crippen LogP contribution is -2.34. The van der Waals surface area contributed by atoms with Gasteiger partial charge in [-0.25, -0.2) is 0 Å². The molecule has 0 heterocycles. The first kappa shape index (κ1) is 15.8. The smallest absolute Gasteiger partial charge is 0.225 e. The number of anilines is 1.